The van der Waals surface area contributed by atoms with Crippen LogP contribution in [0.4, 0.5) is 9.59 Å². The van der Waals surface area contributed by atoms with Crippen LogP contribution in [0.25, 0.3) is 0 Å². The van der Waals surface area contributed by atoms with Crippen molar-refractivity contribution in [1.29, 1.82) is 0 Å². The molecule has 0 aromatic carbocycles. The molecule has 0 radical (unpaired) electrons. The lowest BCUT2D eigenvalue weighted by Crippen LogP contribution is -2.51. The summed E-state index contributed by atoms with van der Waals surface area (Å²) in [5.41, 5.74) is 0.563. The normalized spacial score (nSPS) is 46.1. The van der Waals surface area contributed by atoms with Gasteiger partial charge >= 0.3 is 12.2 Å². The second-order valence-electron chi connectivity index (χ2n) is 12.5. The van der Waals surface area contributed by atoms with Crippen molar-refractivity contribution < 1.29 is 19.1 Å². The Bertz CT molecular complexity index is 604. The molecule has 8 aliphatic rings. The fraction of sp³-hybridized carbons (Fsp3) is 0.920. The summed E-state index contributed by atoms with van der Waals surface area (Å²) in [7, 11) is 0. The average molecular weight is 431 g/mol. The molecule has 2 amide bonds. The molecular weight excluding hydrogens is 392 g/mol. The van der Waals surface area contributed by atoms with Crippen molar-refractivity contribution in [3.05, 3.63) is 0 Å². The number of amides is 2. The van der Waals surface area contributed by atoms with E-state index in [0.717, 1.165) is 35.5 Å². The van der Waals surface area contributed by atoms with Crippen LogP contribution in [0, 0.1) is 46.3 Å². The highest BCUT2D eigenvalue weighted by atomic mass is 16.7. The van der Waals surface area contributed by atoms with E-state index in [1.807, 2.05) is 0 Å². The van der Waals surface area contributed by atoms with Gasteiger partial charge in [0.1, 0.15) is 0 Å². The van der Waals surface area contributed by atoms with E-state index >= 15 is 0 Å². The number of alkyl carbamates (subject to hydrolysis) is 2. The zero-order valence-electron chi connectivity index (χ0n) is 18.7. The molecule has 0 heterocycles. The molecule has 8 fully saturated rings. The summed E-state index contributed by atoms with van der Waals surface area (Å²) in [6.45, 7) is 1.08. The third-order valence-corrected chi connectivity index (χ3v) is 9.93. The summed E-state index contributed by atoms with van der Waals surface area (Å²) in [4.78, 5) is 24.3. The summed E-state index contributed by atoms with van der Waals surface area (Å²) in [6, 6.07) is 0. The standard InChI is InChI=1S/C25H38N2O4/c28-22(26-13-24-7-16-1-17(8-24)3-18(2-16)9-24)30-15-31-23(29)27-14-25-10-19-4-20(11-25)6-21(5-19)12-25/h16-21H,1-15H2,(H,26,28)(H,27,29). The molecule has 8 bridgehead atoms. The summed E-state index contributed by atoms with van der Waals surface area (Å²) in [5.74, 6) is 5.19. The van der Waals surface area contributed by atoms with Gasteiger partial charge in [-0.3, -0.25) is 0 Å². The molecule has 6 nitrogen and oxygen atoms in total. The maximum atomic E-state index is 12.2. The molecule has 0 spiro atoms. The Kier molecular flexibility index (Phi) is 4.91. The number of hydrogen-bond donors (Lipinski definition) is 2. The Morgan fingerprint density at radius 1 is 0.581 bits per heavy atom. The zero-order valence-corrected chi connectivity index (χ0v) is 18.7. The van der Waals surface area contributed by atoms with E-state index in [9.17, 15) is 9.59 Å². The number of ether oxygens (including phenoxy) is 2. The zero-order chi connectivity index (χ0) is 21.1. The first-order chi connectivity index (χ1) is 15.0. The van der Waals surface area contributed by atoms with E-state index in [4.69, 9.17) is 9.47 Å². The van der Waals surface area contributed by atoms with Crippen LogP contribution in [0.1, 0.15) is 77.0 Å². The molecule has 0 unspecified atom stereocenters. The van der Waals surface area contributed by atoms with E-state index in [1.165, 1.54) is 77.0 Å². The van der Waals surface area contributed by atoms with E-state index in [-0.39, 0.29) is 17.6 Å². The van der Waals surface area contributed by atoms with Crippen molar-refractivity contribution in [2.75, 3.05) is 19.9 Å². The third kappa shape index (κ3) is 4.04. The molecule has 0 saturated heterocycles. The molecule has 0 aromatic heterocycles. The number of rotatable bonds is 6. The van der Waals surface area contributed by atoms with Crippen LogP contribution in [0.2, 0.25) is 0 Å². The van der Waals surface area contributed by atoms with E-state index < -0.39 is 12.2 Å². The smallest absolute Gasteiger partial charge is 0.410 e. The van der Waals surface area contributed by atoms with Crippen LogP contribution < -0.4 is 10.6 Å². The average Bonchev–Trinajstić information content (AvgIpc) is 2.69. The van der Waals surface area contributed by atoms with Crippen molar-refractivity contribution >= 4 is 12.2 Å². The molecule has 0 atom stereocenters. The minimum absolute atomic E-state index is 0.282. The minimum Gasteiger partial charge on any atom is -0.412 e. The van der Waals surface area contributed by atoms with Crippen LogP contribution >= 0.6 is 0 Å². The highest BCUT2D eigenvalue weighted by Crippen LogP contribution is 2.60. The maximum Gasteiger partial charge on any atom is 0.410 e. The Morgan fingerprint density at radius 3 is 1.16 bits per heavy atom. The number of carbonyl (C=O) groups is 2. The summed E-state index contributed by atoms with van der Waals surface area (Å²) >= 11 is 0. The second kappa shape index (κ2) is 7.55. The summed E-state index contributed by atoms with van der Waals surface area (Å²) in [5, 5.41) is 5.92. The van der Waals surface area contributed by atoms with Crippen LogP contribution in [0.5, 0.6) is 0 Å². The van der Waals surface area contributed by atoms with Gasteiger partial charge in [0.05, 0.1) is 0 Å². The lowest BCUT2D eigenvalue weighted by Gasteiger charge is -2.56. The van der Waals surface area contributed by atoms with E-state index in [1.54, 1.807) is 0 Å². The molecule has 2 N–H and O–H groups in total. The minimum atomic E-state index is -0.468. The highest BCUT2D eigenvalue weighted by molar-refractivity contribution is 5.68. The molecular formula is C25H38N2O4. The van der Waals surface area contributed by atoms with Gasteiger partial charge in [0.25, 0.3) is 0 Å². The van der Waals surface area contributed by atoms with Crippen LogP contribution in [-0.2, 0) is 9.47 Å². The molecule has 8 aliphatic carbocycles. The van der Waals surface area contributed by atoms with Crippen LogP contribution in [-0.4, -0.2) is 32.1 Å². The Balaban J connectivity index is 0.902. The van der Waals surface area contributed by atoms with Crippen molar-refractivity contribution in [1.82, 2.24) is 10.6 Å². The van der Waals surface area contributed by atoms with Gasteiger partial charge in [-0.2, -0.15) is 0 Å². The molecule has 31 heavy (non-hydrogen) atoms. The number of hydrogen-bond acceptors (Lipinski definition) is 4. The van der Waals surface area contributed by atoms with Gasteiger partial charge in [-0.05, 0) is 123 Å². The summed E-state index contributed by atoms with van der Waals surface area (Å²) < 4.78 is 10.3. The monoisotopic (exact) mass is 430 g/mol. The Hall–Kier alpha value is -1.46. The van der Waals surface area contributed by atoms with Gasteiger partial charge < -0.3 is 20.1 Å². The van der Waals surface area contributed by atoms with Gasteiger partial charge in [0.15, 0.2) is 0 Å². The van der Waals surface area contributed by atoms with Crippen LogP contribution in [0.3, 0.4) is 0 Å². The number of carbonyl (C=O) groups excluding carboxylic acids is 2. The first kappa shape index (κ1) is 20.2. The summed E-state index contributed by atoms with van der Waals surface area (Å²) in [6.07, 6.45) is 15.0. The van der Waals surface area contributed by atoms with Crippen LogP contribution in [0.15, 0.2) is 0 Å². The molecule has 8 saturated carbocycles. The van der Waals surface area contributed by atoms with Crippen molar-refractivity contribution in [2.45, 2.75) is 77.0 Å². The fourth-order valence-corrected chi connectivity index (χ4v) is 9.77. The van der Waals surface area contributed by atoms with Gasteiger partial charge in [-0.15, -0.1) is 0 Å². The van der Waals surface area contributed by atoms with Gasteiger partial charge in [0, 0.05) is 13.1 Å². The van der Waals surface area contributed by atoms with Gasteiger partial charge in [0.2, 0.25) is 6.79 Å². The topological polar surface area (TPSA) is 76.7 Å². The van der Waals surface area contributed by atoms with Crippen molar-refractivity contribution in [2.24, 2.45) is 46.3 Å². The SMILES string of the molecule is O=C(NCC12CC3CC(CC(C3)C1)C2)OCOC(=O)NCC12CC3CC(CC(C3)C1)C2. The highest BCUT2D eigenvalue weighted by Gasteiger charge is 2.52. The van der Waals surface area contributed by atoms with E-state index in [2.05, 4.69) is 10.6 Å². The molecule has 8 rings (SSSR count). The molecule has 0 aliphatic heterocycles. The van der Waals surface area contributed by atoms with E-state index in [0.29, 0.717) is 13.1 Å². The Labute approximate surface area is 185 Å². The predicted octanol–water partition coefficient (Wildman–Crippen LogP) is 4.83. The van der Waals surface area contributed by atoms with Gasteiger partial charge in [-0.1, -0.05) is 0 Å². The van der Waals surface area contributed by atoms with Gasteiger partial charge in [-0.25, -0.2) is 9.59 Å². The maximum absolute atomic E-state index is 12.2. The first-order valence-corrected chi connectivity index (χ1v) is 12.8. The largest absolute Gasteiger partial charge is 0.412 e. The molecule has 6 heteroatoms. The molecule has 0 aromatic rings. The predicted molar refractivity (Wildman–Crippen MR) is 115 cm³/mol. The first-order valence-electron chi connectivity index (χ1n) is 12.8. The Morgan fingerprint density at radius 2 is 0.871 bits per heavy atom. The number of nitrogens with one attached hydrogen (secondary N) is 2. The fourth-order valence-electron chi connectivity index (χ4n) is 9.77. The lowest BCUT2D eigenvalue weighted by atomic mass is 9.49. The van der Waals surface area contributed by atoms with Crippen molar-refractivity contribution in [3.8, 4) is 0 Å². The van der Waals surface area contributed by atoms with Crippen molar-refractivity contribution in [3.63, 3.8) is 0 Å². The second-order valence-corrected chi connectivity index (χ2v) is 12.5. The molecule has 172 valence electrons. The quantitative estimate of drug-likeness (QED) is 0.592. The third-order valence-electron chi connectivity index (χ3n) is 9.93. The lowest BCUT2D eigenvalue weighted by molar-refractivity contribution is -0.0539.